The van der Waals surface area contributed by atoms with E-state index in [9.17, 15) is 4.79 Å². The van der Waals surface area contributed by atoms with Gasteiger partial charge in [-0.25, -0.2) is 4.79 Å². The molecule has 0 radical (unpaired) electrons. The van der Waals surface area contributed by atoms with Gasteiger partial charge in [-0.2, -0.15) is 0 Å². The minimum absolute atomic E-state index is 0.00309. The van der Waals surface area contributed by atoms with Crippen LogP contribution in [0.15, 0.2) is 121 Å². The van der Waals surface area contributed by atoms with Crippen LogP contribution in [0, 0.1) is 6.92 Å². The standard InChI is InChI=1S/C37H32N2O3/c1-3-39(28-20-17-25(2)18-21-28)24-33(26-11-5-4-6-12-26)38-27-19-22-35-32(23-27)37(31-15-9-10-16-34(31)41-35)30-14-8-7-13-29(30)36(40)42-37/h4-23,33,38H,3,24H2,1-2H3. The Morgan fingerprint density at radius 3 is 2.24 bits per heavy atom. The van der Waals surface area contributed by atoms with Crippen molar-refractivity contribution in [3.8, 4) is 11.5 Å². The molecular formula is C37H32N2O3. The second kappa shape index (κ2) is 10.4. The Labute approximate surface area is 246 Å². The van der Waals surface area contributed by atoms with Crippen molar-refractivity contribution in [3.63, 3.8) is 0 Å². The normalized spacial score (nSPS) is 17.0. The molecule has 5 aromatic rings. The lowest BCUT2D eigenvalue weighted by molar-refractivity contribution is 0.0224. The monoisotopic (exact) mass is 552 g/mol. The van der Waals surface area contributed by atoms with Crippen LogP contribution >= 0.6 is 0 Å². The molecule has 1 N–H and O–H groups in total. The van der Waals surface area contributed by atoms with Gasteiger partial charge < -0.3 is 19.7 Å². The molecule has 1 spiro atoms. The van der Waals surface area contributed by atoms with Crippen molar-refractivity contribution in [3.05, 3.63) is 155 Å². The molecule has 5 nitrogen and oxygen atoms in total. The largest absolute Gasteiger partial charge is 0.456 e. The third kappa shape index (κ3) is 4.29. The van der Waals surface area contributed by atoms with E-state index in [0.29, 0.717) is 17.1 Å². The lowest BCUT2D eigenvalue weighted by Crippen LogP contribution is -2.33. The van der Waals surface area contributed by atoms with Gasteiger partial charge in [0.1, 0.15) is 11.5 Å². The van der Waals surface area contributed by atoms with E-state index in [-0.39, 0.29) is 12.0 Å². The van der Waals surface area contributed by atoms with Gasteiger partial charge in [0.05, 0.1) is 11.6 Å². The number of hydrogen-bond acceptors (Lipinski definition) is 5. The number of carbonyl (C=O) groups is 1. The van der Waals surface area contributed by atoms with Crippen LogP contribution < -0.4 is 15.0 Å². The van der Waals surface area contributed by atoms with Gasteiger partial charge in [-0.1, -0.05) is 84.4 Å². The first-order chi connectivity index (χ1) is 20.6. The van der Waals surface area contributed by atoms with Crippen molar-refractivity contribution in [1.29, 1.82) is 0 Å². The number of ether oxygens (including phenoxy) is 2. The van der Waals surface area contributed by atoms with Gasteiger partial charge in [-0.15, -0.1) is 0 Å². The highest BCUT2D eigenvalue weighted by atomic mass is 16.6. The van der Waals surface area contributed by atoms with Gasteiger partial charge in [0, 0.05) is 41.2 Å². The molecule has 2 atom stereocenters. The van der Waals surface area contributed by atoms with Crippen molar-refractivity contribution < 1.29 is 14.3 Å². The summed E-state index contributed by atoms with van der Waals surface area (Å²) in [7, 11) is 0. The van der Waals surface area contributed by atoms with Crippen LogP contribution in [0.4, 0.5) is 11.4 Å². The van der Waals surface area contributed by atoms with E-state index in [1.807, 2.05) is 66.7 Å². The summed E-state index contributed by atoms with van der Waals surface area (Å²) < 4.78 is 12.7. The van der Waals surface area contributed by atoms with Gasteiger partial charge in [-0.3, -0.25) is 0 Å². The molecule has 208 valence electrons. The number of likely N-dealkylation sites (N-methyl/N-ethyl adjacent to an activating group) is 1. The van der Waals surface area contributed by atoms with Gasteiger partial charge in [0.25, 0.3) is 0 Å². The lowest BCUT2D eigenvalue weighted by Gasteiger charge is -2.37. The molecule has 0 saturated heterocycles. The zero-order chi connectivity index (χ0) is 28.7. The Morgan fingerprint density at radius 1 is 0.762 bits per heavy atom. The Bertz CT molecular complexity index is 1770. The number of aryl methyl sites for hydroxylation is 1. The molecule has 0 amide bonds. The molecule has 0 fully saturated rings. The quantitative estimate of drug-likeness (QED) is 0.206. The molecule has 7 rings (SSSR count). The molecule has 2 unspecified atom stereocenters. The van der Waals surface area contributed by atoms with Gasteiger partial charge in [-0.05, 0) is 61.9 Å². The summed E-state index contributed by atoms with van der Waals surface area (Å²) in [4.78, 5) is 15.6. The highest BCUT2D eigenvalue weighted by Gasteiger charge is 2.53. The molecular weight excluding hydrogens is 520 g/mol. The molecule has 2 heterocycles. The van der Waals surface area contributed by atoms with Crippen LogP contribution in [0.5, 0.6) is 11.5 Å². The maximum absolute atomic E-state index is 13.2. The number of carbonyl (C=O) groups excluding carboxylic acids is 1. The predicted octanol–water partition coefficient (Wildman–Crippen LogP) is 8.24. The van der Waals surface area contributed by atoms with Crippen LogP contribution in [-0.4, -0.2) is 19.1 Å². The van der Waals surface area contributed by atoms with E-state index in [1.54, 1.807) is 0 Å². The third-order valence-electron chi connectivity index (χ3n) is 8.34. The zero-order valence-electron chi connectivity index (χ0n) is 23.7. The highest BCUT2D eigenvalue weighted by molar-refractivity contribution is 5.97. The highest BCUT2D eigenvalue weighted by Crippen LogP contribution is 2.56. The Morgan fingerprint density at radius 2 is 1.45 bits per heavy atom. The maximum Gasteiger partial charge on any atom is 0.340 e. The maximum atomic E-state index is 13.2. The number of nitrogens with one attached hydrogen (secondary N) is 1. The van der Waals surface area contributed by atoms with E-state index < -0.39 is 5.60 Å². The van der Waals surface area contributed by atoms with Crippen LogP contribution in [-0.2, 0) is 10.3 Å². The van der Waals surface area contributed by atoms with E-state index in [4.69, 9.17) is 9.47 Å². The average Bonchev–Trinajstić information content (AvgIpc) is 3.33. The predicted molar refractivity (Wildman–Crippen MR) is 167 cm³/mol. The summed E-state index contributed by atoms with van der Waals surface area (Å²) in [6.45, 7) is 5.94. The first-order valence-corrected chi connectivity index (χ1v) is 14.4. The SMILES string of the molecule is CCN(CC(Nc1ccc2c(c1)C1(OC(=O)c3ccccc31)c1ccccc1O2)c1ccccc1)c1ccc(C)cc1. The van der Waals surface area contributed by atoms with Crippen LogP contribution in [0.3, 0.4) is 0 Å². The van der Waals surface area contributed by atoms with Crippen molar-refractivity contribution in [1.82, 2.24) is 0 Å². The van der Waals surface area contributed by atoms with Crippen molar-refractivity contribution >= 4 is 17.3 Å². The molecule has 2 aliphatic rings. The number of para-hydroxylation sites is 1. The molecule has 0 aromatic heterocycles. The third-order valence-corrected chi connectivity index (χ3v) is 8.34. The second-order valence-corrected chi connectivity index (χ2v) is 10.9. The Kier molecular flexibility index (Phi) is 6.43. The number of rotatable bonds is 7. The average molecular weight is 553 g/mol. The summed E-state index contributed by atoms with van der Waals surface area (Å²) in [6.07, 6.45) is 0. The summed E-state index contributed by atoms with van der Waals surface area (Å²) in [6, 6.07) is 40.8. The van der Waals surface area contributed by atoms with E-state index in [1.165, 1.54) is 16.8 Å². The number of hydrogen-bond donors (Lipinski definition) is 1. The minimum atomic E-state index is -1.09. The fourth-order valence-corrected chi connectivity index (χ4v) is 6.23. The molecule has 0 bridgehead atoms. The Hall–Kier alpha value is -5.03. The van der Waals surface area contributed by atoms with E-state index in [2.05, 4.69) is 78.7 Å². The lowest BCUT2D eigenvalue weighted by atomic mass is 9.77. The first-order valence-electron chi connectivity index (χ1n) is 14.4. The number of fused-ring (bicyclic) bond motifs is 6. The number of benzene rings is 5. The van der Waals surface area contributed by atoms with Crippen LogP contribution in [0.2, 0.25) is 0 Å². The number of nitrogens with zero attached hydrogens (tertiary/aromatic N) is 1. The zero-order valence-corrected chi connectivity index (χ0v) is 23.7. The van der Waals surface area contributed by atoms with E-state index in [0.717, 1.165) is 35.5 Å². The number of anilines is 2. The van der Waals surface area contributed by atoms with Crippen LogP contribution in [0.1, 0.15) is 51.1 Å². The van der Waals surface area contributed by atoms with E-state index >= 15 is 0 Å². The molecule has 5 heteroatoms. The summed E-state index contributed by atoms with van der Waals surface area (Å²) in [5.41, 5.74) is 6.50. The van der Waals surface area contributed by atoms with Crippen molar-refractivity contribution in [2.75, 3.05) is 23.3 Å². The van der Waals surface area contributed by atoms with Crippen molar-refractivity contribution in [2.45, 2.75) is 25.5 Å². The van der Waals surface area contributed by atoms with Gasteiger partial charge in [0.2, 0.25) is 0 Å². The molecule has 2 aliphatic heterocycles. The fourth-order valence-electron chi connectivity index (χ4n) is 6.23. The fraction of sp³-hybridized carbons (Fsp3) is 0.162. The smallest absolute Gasteiger partial charge is 0.340 e. The molecule has 0 saturated carbocycles. The van der Waals surface area contributed by atoms with Crippen molar-refractivity contribution in [2.24, 2.45) is 0 Å². The summed E-state index contributed by atoms with van der Waals surface area (Å²) in [5.74, 6) is 1.04. The topological polar surface area (TPSA) is 50.8 Å². The molecule has 42 heavy (non-hydrogen) atoms. The van der Waals surface area contributed by atoms with Gasteiger partial charge >= 0.3 is 5.97 Å². The number of esters is 1. The summed E-state index contributed by atoms with van der Waals surface area (Å²) >= 11 is 0. The van der Waals surface area contributed by atoms with Gasteiger partial charge in [0.15, 0.2) is 5.60 Å². The molecule has 5 aromatic carbocycles. The Balaban J connectivity index is 1.31. The minimum Gasteiger partial charge on any atom is -0.456 e. The van der Waals surface area contributed by atoms with Crippen LogP contribution in [0.25, 0.3) is 0 Å². The first kappa shape index (κ1) is 25.9. The second-order valence-electron chi connectivity index (χ2n) is 10.9. The summed E-state index contributed by atoms with van der Waals surface area (Å²) in [5, 5.41) is 3.82. The molecule has 0 aliphatic carbocycles.